The second kappa shape index (κ2) is 6.05. The number of carbonyl (C=O) groups is 1. The highest BCUT2D eigenvalue weighted by Crippen LogP contribution is 2.10. The number of nitrogens with one attached hydrogen (secondary N) is 1. The van der Waals surface area contributed by atoms with Crippen LogP contribution in [0.4, 0.5) is 5.69 Å². The van der Waals surface area contributed by atoms with Crippen molar-refractivity contribution in [3.8, 4) is 0 Å². The first-order chi connectivity index (χ1) is 9.16. The Morgan fingerprint density at radius 3 is 2.37 bits per heavy atom. The predicted octanol–water partition coefficient (Wildman–Crippen LogP) is 2.44. The second-order valence-corrected chi connectivity index (χ2v) is 4.58. The molecule has 2 rings (SSSR count). The van der Waals surface area contributed by atoms with E-state index in [0.717, 1.165) is 16.7 Å². The number of anilines is 1. The average Bonchev–Trinajstić information content (AvgIpc) is 2.40. The van der Waals surface area contributed by atoms with Gasteiger partial charge in [0, 0.05) is 12.2 Å². The third-order valence-electron chi connectivity index (χ3n) is 3.14. The summed E-state index contributed by atoms with van der Waals surface area (Å²) in [6.07, 6.45) is 0.402. The van der Waals surface area contributed by atoms with Crippen LogP contribution in [0.25, 0.3) is 0 Å². The number of hydrogen-bond donors (Lipinski definition) is 2. The Morgan fingerprint density at radius 1 is 1.05 bits per heavy atom. The van der Waals surface area contributed by atoms with E-state index >= 15 is 0 Å². The third kappa shape index (κ3) is 3.58. The minimum Gasteiger partial charge on any atom is -0.398 e. The first-order valence-electron chi connectivity index (χ1n) is 6.31. The molecule has 0 bridgehead atoms. The molecule has 2 aromatic rings. The molecule has 0 saturated heterocycles. The molecule has 0 spiro atoms. The Labute approximate surface area is 113 Å². The van der Waals surface area contributed by atoms with Crippen LogP contribution in [0.15, 0.2) is 48.5 Å². The van der Waals surface area contributed by atoms with Gasteiger partial charge >= 0.3 is 0 Å². The van der Waals surface area contributed by atoms with Gasteiger partial charge in [0.1, 0.15) is 0 Å². The quantitative estimate of drug-likeness (QED) is 0.823. The Balaban J connectivity index is 1.92. The number of amides is 1. The van der Waals surface area contributed by atoms with Gasteiger partial charge in [-0.05, 0) is 29.7 Å². The lowest BCUT2D eigenvalue weighted by Gasteiger charge is -2.09. The topological polar surface area (TPSA) is 55.1 Å². The zero-order valence-electron chi connectivity index (χ0n) is 11.0. The van der Waals surface area contributed by atoms with Crippen molar-refractivity contribution in [2.45, 2.75) is 19.9 Å². The molecule has 0 aliphatic carbocycles. The van der Waals surface area contributed by atoms with Gasteiger partial charge in [-0.3, -0.25) is 4.79 Å². The van der Waals surface area contributed by atoms with Crippen LogP contribution in [0.5, 0.6) is 0 Å². The van der Waals surface area contributed by atoms with Crippen molar-refractivity contribution in [2.75, 3.05) is 5.73 Å². The summed E-state index contributed by atoms with van der Waals surface area (Å²) in [5.74, 6) is 0.0116. The Kier molecular flexibility index (Phi) is 4.18. The molecule has 0 saturated carbocycles. The lowest BCUT2D eigenvalue weighted by atomic mass is 10.1. The molecule has 19 heavy (non-hydrogen) atoms. The van der Waals surface area contributed by atoms with E-state index < -0.39 is 0 Å². The van der Waals surface area contributed by atoms with Crippen LogP contribution in [0.2, 0.25) is 0 Å². The second-order valence-electron chi connectivity index (χ2n) is 4.58. The van der Waals surface area contributed by atoms with Crippen molar-refractivity contribution in [3.05, 3.63) is 65.2 Å². The van der Waals surface area contributed by atoms with E-state index in [9.17, 15) is 4.79 Å². The smallest absolute Gasteiger partial charge is 0.224 e. The highest BCUT2D eigenvalue weighted by Gasteiger charge is 2.06. The van der Waals surface area contributed by atoms with E-state index in [2.05, 4.69) is 5.32 Å². The number of hydrogen-bond acceptors (Lipinski definition) is 2. The maximum Gasteiger partial charge on any atom is 0.224 e. The van der Waals surface area contributed by atoms with E-state index in [-0.39, 0.29) is 5.91 Å². The summed E-state index contributed by atoms with van der Waals surface area (Å²) in [7, 11) is 0. The molecule has 0 aliphatic heterocycles. The SMILES string of the molecule is Cc1ccccc1CC(=O)NCc1ccccc1N. The molecule has 98 valence electrons. The molecule has 0 radical (unpaired) electrons. The van der Waals surface area contributed by atoms with Crippen molar-refractivity contribution in [2.24, 2.45) is 0 Å². The zero-order chi connectivity index (χ0) is 13.7. The van der Waals surface area contributed by atoms with Gasteiger partial charge in [0.15, 0.2) is 0 Å². The number of nitrogens with two attached hydrogens (primary N) is 1. The monoisotopic (exact) mass is 254 g/mol. The highest BCUT2D eigenvalue weighted by molar-refractivity contribution is 5.79. The summed E-state index contributed by atoms with van der Waals surface area (Å²) in [4.78, 5) is 11.9. The number of para-hydroxylation sites is 1. The van der Waals surface area contributed by atoms with Crippen LogP contribution >= 0.6 is 0 Å². The van der Waals surface area contributed by atoms with Gasteiger partial charge in [-0.25, -0.2) is 0 Å². The lowest BCUT2D eigenvalue weighted by Crippen LogP contribution is -2.25. The molecule has 0 aromatic heterocycles. The first kappa shape index (κ1) is 13.1. The maximum absolute atomic E-state index is 11.9. The first-order valence-corrected chi connectivity index (χ1v) is 6.31. The highest BCUT2D eigenvalue weighted by atomic mass is 16.1. The van der Waals surface area contributed by atoms with Crippen LogP contribution < -0.4 is 11.1 Å². The summed E-state index contributed by atoms with van der Waals surface area (Å²) in [5, 5.41) is 2.90. The minimum atomic E-state index is 0.0116. The van der Waals surface area contributed by atoms with Crippen LogP contribution in [0, 0.1) is 6.92 Å². The Bertz CT molecular complexity index is 578. The van der Waals surface area contributed by atoms with Crippen molar-refractivity contribution in [1.82, 2.24) is 5.32 Å². The third-order valence-corrected chi connectivity index (χ3v) is 3.14. The molecule has 0 unspecified atom stereocenters. The molecule has 0 aliphatic rings. The largest absolute Gasteiger partial charge is 0.398 e. The van der Waals surface area contributed by atoms with Crippen molar-refractivity contribution < 1.29 is 4.79 Å². The van der Waals surface area contributed by atoms with Crippen LogP contribution in [0.3, 0.4) is 0 Å². The van der Waals surface area contributed by atoms with Crippen molar-refractivity contribution in [1.29, 1.82) is 0 Å². The minimum absolute atomic E-state index is 0.0116. The molecule has 3 heteroatoms. The molecule has 0 atom stereocenters. The van der Waals surface area contributed by atoms with Gasteiger partial charge in [-0.1, -0.05) is 42.5 Å². The summed E-state index contributed by atoms with van der Waals surface area (Å²) >= 11 is 0. The van der Waals surface area contributed by atoms with Gasteiger partial charge in [-0.2, -0.15) is 0 Å². The predicted molar refractivity (Wildman–Crippen MR) is 77.6 cm³/mol. The van der Waals surface area contributed by atoms with Gasteiger partial charge in [0.2, 0.25) is 5.91 Å². The lowest BCUT2D eigenvalue weighted by molar-refractivity contribution is -0.120. The van der Waals surface area contributed by atoms with Crippen molar-refractivity contribution in [3.63, 3.8) is 0 Å². The Hall–Kier alpha value is -2.29. The van der Waals surface area contributed by atoms with Gasteiger partial charge < -0.3 is 11.1 Å². The van der Waals surface area contributed by atoms with Crippen LogP contribution in [-0.2, 0) is 17.8 Å². The molecule has 2 aromatic carbocycles. The fourth-order valence-corrected chi connectivity index (χ4v) is 1.93. The average molecular weight is 254 g/mol. The molecule has 1 amide bonds. The molecule has 3 nitrogen and oxygen atoms in total. The fraction of sp³-hybridized carbons (Fsp3) is 0.188. The van der Waals surface area contributed by atoms with Crippen molar-refractivity contribution >= 4 is 11.6 Å². The van der Waals surface area contributed by atoms with E-state index in [4.69, 9.17) is 5.73 Å². The van der Waals surface area contributed by atoms with E-state index in [1.807, 2.05) is 55.5 Å². The van der Waals surface area contributed by atoms with Gasteiger partial charge in [0.05, 0.1) is 6.42 Å². The standard InChI is InChI=1S/C16H18N2O/c1-12-6-2-3-7-13(12)10-16(19)18-11-14-8-4-5-9-15(14)17/h2-9H,10-11,17H2,1H3,(H,18,19). The van der Waals surface area contributed by atoms with Gasteiger partial charge in [-0.15, -0.1) is 0 Å². The number of benzene rings is 2. The summed E-state index contributed by atoms with van der Waals surface area (Å²) in [6.45, 7) is 2.48. The number of nitrogen functional groups attached to an aromatic ring is 1. The molecule has 3 N–H and O–H groups in total. The van der Waals surface area contributed by atoms with E-state index in [1.165, 1.54) is 0 Å². The molecular weight excluding hydrogens is 236 g/mol. The molecular formula is C16H18N2O. The summed E-state index contributed by atoms with van der Waals surface area (Å²) < 4.78 is 0. The Morgan fingerprint density at radius 2 is 1.68 bits per heavy atom. The number of carbonyl (C=O) groups excluding carboxylic acids is 1. The summed E-state index contributed by atoms with van der Waals surface area (Å²) in [6, 6.07) is 15.5. The van der Waals surface area contributed by atoms with E-state index in [1.54, 1.807) is 0 Å². The zero-order valence-corrected chi connectivity index (χ0v) is 11.0. The number of rotatable bonds is 4. The van der Waals surface area contributed by atoms with Crippen LogP contribution in [-0.4, -0.2) is 5.91 Å². The molecule has 0 fully saturated rings. The fourth-order valence-electron chi connectivity index (χ4n) is 1.93. The normalized spacial score (nSPS) is 10.2. The number of aryl methyl sites for hydroxylation is 1. The maximum atomic E-state index is 11.9. The summed E-state index contributed by atoms with van der Waals surface area (Å²) in [5.41, 5.74) is 9.68. The van der Waals surface area contributed by atoms with Gasteiger partial charge in [0.25, 0.3) is 0 Å². The van der Waals surface area contributed by atoms with Crippen LogP contribution in [0.1, 0.15) is 16.7 Å². The van der Waals surface area contributed by atoms with E-state index in [0.29, 0.717) is 18.7 Å². The molecule has 0 heterocycles.